The fraction of sp³-hybridized carbons (Fsp3) is 0.688. The number of halogens is 2. The molecular weight excluding hydrogens is 932 g/mol. The summed E-state index contributed by atoms with van der Waals surface area (Å²) >= 11 is 10.7. The predicted octanol–water partition coefficient (Wildman–Crippen LogP) is 12.1. The zero-order valence-electron chi connectivity index (χ0n) is 41.3. The molecule has 4 heterocycles. The minimum atomic E-state index is -2.48. The summed E-state index contributed by atoms with van der Waals surface area (Å²) in [5.74, 6) is 12.3. The third kappa shape index (κ3) is 15.2. The smallest absolute Gasteiger partial charge is 0.408 e. The third-order valence-electron chi connectivity index (χ3n) is 12.7. The van der Waals surface area contributed by atoms with E-state index in [0.717, 1.165) is 18.1 Å². The lowest BCUT2D eigenvalue weighted by molar-refractivity contribution is -0.162. The van der Waals surface area contributed by atoms with Crippen LogP contribution in [0.3, 0.4) is 0 Å². The van der Waals surface area contributed by atoms with Gasteiger partial charge in [-0.2, -0.15) is 0 Å². The van der Waals surface area contributed by atoms with Gasteiger partial charge in [0.05, 0.1) is 29.1 Å². The number of hydrogen-bond acceptors (Lipinski definition) is 9. The van der Waals surface area contributed by atoms with E-state index in [9.17, 15) is 9.59 Å². The normalized spacial score (nSPS) is 23.7. The summed E-state index contributed by atoms with van der Waals surface area (Å²) in [5.41, 5.74) is 5.57. The maximum Gasteiger partial charge on any atom is 0.408 e. The molecule has 1 amide bonds. The first-order chi connectivity index (χ1) is 28.7. The second-order valence-corrected chi connectivity index (χ2v) is 37.1. The van der Waals surface area contributed by atoms with Crippen molar-refractivity contribution < 1.29 is 37.7 Å². The zero-order chi connectivity index (χ0) is 48.0. The second-order valence-electron chi connectivity index (χ2n) is 21.2. The maximum atomic E-state index is 13.8. The molecule has 5 atom stereocenters. The Morgan fingerprint density at radius 3 is 2.17 bits per heavy atom. The molecule has 0 saturated carbocycles. The first kappa shape index (κ1) is 54.7. The quantitative estimate of drug-likeness (QED) is 0.118. The number of hydrogen-bond donors (Lipinski definition) is 1. The highest BCUT2D eigenvalue weighted by Gasteiger charge is 2.53. The molecule has 0 aliphatic carbocycles. The molecule has 350 valence electrons. The molecule has 63 heavy (non-hydrogen) atoms. The zero-order valence-corrected chi connectivity index (χ0v) is 46.6. The Morgan fingerprint density at radius 1 is 1.02 bits per heavy atom. The number of nitrogens with zero attached hydrogens (tertiary/aromatic N) is 1. The van der Waals surface area contributed by atoms with Crippen LogP contribution in [0.5, 0.6) is 5.75 Å². The molecule has 4 rings (SSSR count). The molecule has 1 aromatic heterocycles. The van der Waals surface area contributed by atoms with Gasteiger partial charge in [0.2, 0.25) is 0 Å². The molecule has 0 aromatic carbocycles. The SMILES string of the molecule is CC[Si](C#CC[C@@]12C#C/C(Br)=C/[C@@H]([C@H](C#C[Si](C)(C)C(C)(C)C)O[Si](C)(C)C(C)(C)C)Oc3ccc(nc3Cl)[C@H](NC(=O)OC(C)(C)C)CC(=O)OC[C@H]1OC(C)(C)O2)(CC)CC. The number of allylic oxidation sites excluding steroid dienone is 1. The van der Waals surface area contributed by atoms with Gasteiger partial charge in [-0.25, -0.2) is 9.78 Å². The van der Waals surface area contributed by atoms with Gasteiger partial charge < -0.3 is 33.4 Å². The number of aromatic nitrogens is 1. The molecule has 0 unspecified atom stereocenters. The van der Waals surface area contributed by atoms with Crippen molar-refractivity contribution in [3.05, 3.63) is 33.5 Å². The number of esters is 1. The van der Waals surface area contributed by atoms with Crippen LogP contribution in [0.15, 0.2) is 22.7 Å². The number of carbonyl (C=O) groups is 2. The summed E-state index contributed by atoms with van der Waals surface area (Å²) < 4.78 is 39.2. The number of alkyl carbamates (subject to hydrolysis) is 1. The van der Waals surface area contributed by atoms with Crippen LogP contribution in [0.4, 0.5) is 4.79 Å². The predicted molar refractivity (Wildman–Crippen MR) is 266 cm³/mol. The van der Waals surface area contributed by atoms with Crippen molar-refractivity contribution in [3.8, 4) is 40.5 Å². The van der Waals surface area contributed by atoms with E-state index in [-0.39, 0.29) is 40.4 Å². The molecule has 1 N–H and O–H groups in total. The van der Waals surface area contributed by atoms with Crippen molar-refractivity contribution in [2.45, 2.75) is 206 Å². The Kier molecular flexibility index (Phi) is 18.2. The van der Waals surface area contributed by atoms with Gasteiger partial charge in [0.25, 0.3) is 0 Å². The number of pyridine rings is 1. The maximum absolute atomic E-state index is 13.8. The van der Waals surface area contributed by atoms with Crippen molar-refractivity contribution in [3.63, 3.8) is 0 Å². The van der Waals surface area contributed by atoms with Gasteiger partial charge in [-0.1, -0.05) is 105 Å². The summed E-state index contributed by atoms with van der Waals surface area (Å²) in [5, 5.41) is 2.64. The highest BCUT2D eigenvalue weighted by atomic mass is 79.9. The summed E-state index contributed by atoms with van der Waals surface area (Å²) in [7, 11) is -6.48. The molecule has 0 radical (unpaired) electrons. The molecule has 15 heteroatoms. The van der Waals surface area contributed by atoms with E-state index >= 15 is 0 Å². The van der Waals surface area contributed by atoms with E-state index in [0.29, 0.717) is 10.2 Å². The van der Waals surface area contributed by atoms with Crippen molar-refractivity contribution in [2.75, 3.05) is 6.61 Å². The van der Waals surface area contributed by atoms with Crippen molar-refractivity contribution >= 4 is 64.1 Å². The molecule has 3 aliphatic heterocycles. The molecule has 2 bridgehead atoms. The lowest BCUT2D eigenvalue weighted by atomic mass is 9.94. The summed E-state index contributed by atoms with van der Waals surface area (Å²) in [6.45, 7) is 37.5. The van der Waals surface area contributed by atoms with Gasteiger partial charge in [-0.05, 0) is 110 Å². The van der Waals surface area contributed by atoms with E-state index in [4.69, 9.17) is 39.7 Å². The highest BCUT2D eigenvalue weighted by molar-refractivity contribution is 9.12. The van der Waals surface area contributed by atoms with Crippen molar-refractivity contribution in [2.24, 2.45) is 0 Å². The van der Waals surface area contributed by atoms with Crippen molar-refractivity contribution in [1.82, 2.24) is 10.3 Å². The van der Waals surface area contributed by atoms with E-state index in [1.54, 1.807) is 32.9 Å². The van der Waals surface area contributed by atoms with Crippen LogP contribution in [-0.2, 0) is 28.2 Å². The van der Waals surface area contributed by atoms with Crippen LogP contribution in [0.1, 0.15) is 122 Å². The van der Waals surface area contributed by atoms with E-state index < -0.39 is 77.9 Å². The Morgan fingerprint density at radius 2 is 1.63 bits per heavy atom. The number of rotatable bonds is 8. The van der Waals surface area contributed by atoms with E-state index in [1.165, 1.54) is 0 Å². The standard InChI is InChI=1S/C48H74BrClN2O8Si3/c1-19-63(20-2,21-3)29-22-27-48-28-25-34(49)31-39(37(59-62(17,18)46(10,11)12)26-30-61(15,16)45(7,8)9)56-38-24-23-35(51-42(38)50)36(52-43(54)58-44(4,5)6)32-41(53)55-33-40(48)57-47(13,14)60-48/h23-24,31,36-37,39-40H,19-21,27,32-33H2,1-18H3,(H,52,54)/b34-31-/t36-,37+,39+,40-,48-/m1/s1. The number of ether oxygens (including phenoxy) is 5. The monoisotopic (exact) mass is 1000 g/mol. The molecule has 1 aromatic rings. The van der Waals surface area contributed by atoms with Crippen LogP contribution in [0.25, 0.3) is 0 Å². The highest BCUT2D eigenvalue weighted by Crippen LogP contribution is 2.41. The van der Waals surface area contributed by atoms with Gasteiger partial charge in [-0.3, -0.25) is 4.79 Å². The largest absolute Gasteiger partial charge is 0.479 e. The fourth-order valence-corrected chi connectivity index (χ4v) is 11.5. The minimum Gasteiger partial charge on any atom is -0.479 e. The average Bonchev–Trinajstić information content (AvgIpc) is 3.40. The fourth-order valence-electron chi connectivity index (χ4n) is 6.40. The Hall–Kier alpha value is -2.59. The van der Waals surface area contributed by atoms with Crippen LogP contribution < -0.4 is 10.1 Å². The van der Waals surface area contributed by atoms with Crippen LogP contribution in [0, 0.1) is 34.8 Å². The number of amides is 1. The first-order valence-corrected chi connectivity index (χ1v) is 31.9. The third-order valence-corrected chi connectivity index (χ3v) is 27.1. The summed E-state index contributed by atoms with van der Waals surface area (Å²) in [6.07, 6.45) is -1.38. The van der Waals surface area contributed by atoms with Gasteiger partial charge in [0, 0.05) is 0 Å². The Labute approximate surface area is 396 Å². The number of carbonyl (C=O) groups excluding carboxylic acids is 2. The average molecular weight is 1010 g/mol. The Balaban J connectivity index is 2.41. The van der Waals surface area contributed by atoms with Crippen molar-refractivity contribution in [1.29, 1.82) is 0 Å². The molecule has 10 nitrogen and oxygen atoms in total. The molecular formula is C48H74BrClN2O8Si3. The summed E-state index contributed by atoms with van der Waals surface area (Å²) in [4.78, 5) is 31.6. The first-order valence-electron chi connectivity index (χ1n) is 22.2. The van der Waals surface area contributed by atoms with Gasteiger partial charge in [-0.15, -0.1) is 17.0 Å². The minimum absolute atomic E-state index is 0.00664. The molecule has 1 saturated heterocycles. The van der Waals surface area contributed by atoms with Gasteiger partial charge >= 0.3 is 12.1 Å². The second kappa shape index (κ2) is 20.9. The topological polar surface area (TPSA) is 114 Å². The lowest BCUT2D eigenvalue weighted by Crippen LogP contribution is -2.48. The lowest BCUT2D eigenvalue weighted by Gasteiger charge is -2.39. The Bertz CT molecular complexity index is 2030. The number of fused-ring (bicyclic) bond motifs is 9. The molecule has 3 aliphatic rings. The molecule has 0 spiro atoms. The summed E-state index contributed by atoms with van der Waals surface area (Å²) in [6, 6.07) is 5.42. The van der Waals surface area contributed by atoms with Crippen LogP contribution in [0.2, 0.25) is 59.5 Å². The van der Waals surface area contributed by atoms with Crippen LogP contribution >= 0.6 is 27.5 Å². The molecule has 1 fully saturated rings. The van der Waals surface area contributed by atoms with E-state index in [1.807, 2.05) is 19.9 Å². The van der Waals surface area contributed by atoms with Gasteiger partial charge in [0.1, 0.15) is 40.6 Å². The van der Waals surface area contributed by atoms with E-state index in [2.05, 4.69) is 150 Å². The van der Waals surface area contributed by atoms with Crippen LogP contribution in [-0.4, -0.2) is 83.4 Å². The van der Waals surface area contributed by atoms with Gasteiger partial charge in [0.15, 0.2) is 36.7 Å². The number of nitrogens with one attached hydrogen (secondary N) is 1.